The molecule has 3 aromatic rings. The summed E-state index contributed by atoms with van der Waals surface area (Å²) in [6.45, 7) is 7.20. The largest absolute Gasteiger partial charge is 0.388 e. The Morgan fingerprint density at radius 1 is 1.40 bits per heavy atom. The van der Waals surface area contributed by atoms with Gasteiger partial charge in [0.2, 0.25) is 0 Å². The average molecular weight is 409 g/mol. The summed E-state index contributed by atoms with van der Waals surface area (Å²) in [6.07, 6.45) is 1.64. The predicted octanol–water partition coefficient (Wildman–Crippen LogP) is 2.22. The van der Waals surface area contributed by atoms with Gasteiger partial charge in [0.1, 0.15) is 17.5 Å². The van der Waals surface area contributed by atoms with Crippen LogP contribution < -0.4 is 10.2 Å². The molecule has 2 atom stereocenters. The molecule has 0 bridgehead atoms. The second-order valence-corrected chi connectivity index (χ2v) is 8.11. The molecule has 3 aromatic heterocycles. The van der Waals surface area contributed by atoms with Gasteiger partial charge in [-0.2, -0.15) is 10.4 Å². The number of aromatic nitrogens is 4. The molecular formula is C21H24FN7O. The molecule has 0 spiro atoms. The minimum absolute atomic E-state index is 0.0206. The summed E-state index contributed by atoms with van der Waals surface area (Å²) < 4.78 is 15.0. The lowest BCUT2D eigenvalue weighted by Gasteiger charge is -2.43. The first-order valence-corrected chi connectivity index (χ1v) is 9.93. The second kappa shape index (κ2) is 7.63. The molecule has 1 fully saturated rings. The Kier molecular flexibility index (Phi) is 5.13. The Morgan fingerprint density at radius 2 is 2.20 bits per heavy atom. The average Bonchev–Trinajstić information content (AvgIpc) is 3.17. The van der Waals surface area contributed by atoms with Crippen LogP contribution in [0.5, 0.6) is 0 Å². The number of anilines is 1. The van der Waals surface area contributed by atoms with Gasteiger partial charge in [-0.1, -0.05) is 13.8 Å². The third-order valence-corrected chi connectivity index (χ3v) is 5.99. The van der Waals surface area contributed by atoms with E-state index in [1.807, 2.05) is 30.9 Å². The first-order chi connectivity index (χ1) is 14.3. The molecular weight excluding hydrogens is 385 g/mol. The summed E-state index contributed by atoms with van der Waals surface area (Å²) in [7, 11) is 0. The van der Waals surface area contributed by atoms with Crippen molar-refractivity contribution in [3.63, 3.8) is 0 Å². The highest BCUT2D eigenvalue weighted by molar-refractivity contribution is 5.91. The fourth-order valence-corrected chi connectivity index (χ4v) is 3.74. The fourth-order valence-electron chi connectivity index (χ4n) is 3.74. The number of fused-ring (bicyclic) bond motifs is 1. The van der Waals surface area contributed by atoms with E-state index in [1.165, 1.54) is 6.07 Å². The van der Waals surface area contributed by atoms with E-state index in [9.17, 15) is 14.8 Å². The number of aromatic amines is 1. The number of halogens is 1. The first kappa shape index (κ1) is 20.2. The molecule has 0 radical (unpaired) electrons. The van der Waals surface area contributed by atoms with Crippen LogP contribution in [0.2, 0.25) is 0 Å². The van der Waals surface area contributed by atoms with Gasteiger partial charge >= 0.3 is 0 Å². The van der Waals surface area contributed by atoms with Crippen LogP contribution in [0, 0.1) is 23.1 Å². The van der Waals surface area contributed by atoms with Gasteiger partial charge in [0.25, 0.3) is 0 Å². The van der Waals surface area contributed by atoms with E-state index in [1.54, 1.807) is 19.2 Å². The lowest BCUT2D eigenvalue weighted by molar-refractivity contribution is -0.0232. The topological polar surface area (TPSA) is 114 Å². The van der Waals surface area contributed by atoms with Gasteiger partial charge in [-0.15, -0.1) is 0 Å². The Labute approximate surface area is 173 Å². The molecule has 3 N–H and O–H groups in total. The number of piperazine rings is 1. The van der Waals surface area contributed by atoms with Gasteiger partial charge in [-0.3, -0.25) is 5.10 Å². The number of nitrogens with zero attached hydrogens (tertiary/aromatic N) is 5. The van der Waals surface area contributed by atoms with Crippen molar-refractivity contribution in [2.24, 2.45) is 5.92 Å². The van der Waals surface area contributed by atoms with Crippen LogP contribution in [0.3, 0.4) is 0 Å². The lowest BCUT2D eigenvalue weighted by atomic mass is 9.84. The standard InChI is InChI=1S/C21H24FN7O/c1-12(2)21(3,30)16-11-29(8-7-24-16)20-15(22)9-13(10-23)17(26-20)18-14-5-4-6-25-19(14)28-27-18/h4-6,9,12,16,24,30H,7-8,11H2,1-3H3,(H,25,27,28)/t16?,21-/m1/s1. The van der Waals surface area contributed by atoms with E-state index >= 15 is 0 Å². The zero-order chi connectivity index (χ0) is 21.5. The summed E-state index contributed by atoms with van der Waals surface area (Å²) in [6, 6.07) is 6.57. The third kappa shape index (κ3) is 3.38. The lowest BCUT2D eigenvalue weighted by Crippen LogP contribution is -2.62. The maximum Gasteiger partial charge on any atom is 0.167 e. The van der Waals surface area contributed by atoms with E-state index in [0.717, 1.165) is 0 Å². The van der Waals surface area contributed by atoms with E-state index in [0.29, 0.717) is 42.1 Å². The normalized spacial score (nSPS) is 19.1. The number of nitriles is 1. The van der Waals surface area contributed by atoms with E-state index in [4.69, 9.17) is 0 Å². The summed E-state index contributed by atoms with van der Waals surface area (Å²) in [5.41, 5.74) is 0.471. The maximum atomic E-state index is 15.0. The highest BCUT2D eigenvalue weighted by Crippen LogP contribution is 2.31. The van der Waals surface area contributed by atoms with Gasteiger partial charge < -0.3 is 15.3 Å². The molecule has 4 rings (SSSR count). The molecule has 1 aliphatic rings. The van der Waals surface area contributed by atoms with Gasteiger partial charge in [0.05, 0.1) is 17.2 Å². The Bertz CT molecular complexity index is 1120. The fraction of sp³-hybridized carbons (Fsp3) is 0.429. The van der Waals surface area contributed by atoms with Crippen molar-refractivity contribution in [3.05, 3.63) is 35.8 Å². The van der Waals surface area contributed by atoms with Crippen molar-refractivity contribution in [3.8, 4) is 17.5 Å². The Hall–Kier alpha value is -3.09. The molecule has 156 valence electrons. The number of nitrogens with one attached hydrogen (secondary N) is 2. The first-order valence-electron chi connectivity index (χ1n) is 9.93. The SMILES string of the molecule is CC(C)[C@@](C)(O)C1CN(c2nc(-c3n[nH]c4ncccc34)c(C#N)cc2F)CCN1. The zero-order valence-corrected chi connectivity index (χ0v) is 17.1. The Balaban J connectivity index is 1.77. The van der Waals surface area contributed by atoms with Crippen molar-refractivity contribution < 1.29 is 9.50 Å². The number of hydrogen-bond acceptors (Lipinski definition) is 7. The minimum atomic E-state index is -0.964. The van der Waals surface area contributed by atoms with Crippen LogP contribution >= 0.6 is 0 Å². The molecule has 9 heteroatoms. The highest BCUT2D eigenvalue weighted by atomic mass is 19.1. The molecule has 0 saturated carbocycles. The molecule has 4 heterocycles. The third-order valence-electron chi connectivity index (χ3n) is 5.99. The molecule has 8 nitrogen and oxygen atoms in total. The van der Waals surface area contributed by atoms with Crippen LogP contribution in [0.4, 0.5) is 10.2 Å². The van der Waals surface area contributed by atoms with Crippen LogP contribution in [-0.2, 0) is 0 Å². The van der Waals surface area contributed by atoms with Gasteiger partial charge in [-0.25, -0.2) is 14.4 Å². The number of hydrogen-bond donors (Lipinski definition) is 3. The minimum Gasteiger partial charge on any atom is -0.388 e. The van der Waals surface area contributed by atoms with Gasteiger partial charge in [-0.05, 0) is 31.0 Å². The monoisotopic (exact) mass is 409 g/mol. The molecule has 1 aliphatic heterocycles. The number of aliphatic hydroxyl groups is 1. The molecule has 0 aromatic carbocycles. The summed E-state index contributed by atoms with van der Waals surface area (Å²) in [4.78, 5) is 10.6. The van der Waals surface area contributed by atoms with Gasteiger partial charge in [0, 0.05) is 31.2 Å². The van der Waals surface area contributed by atoms with Gasteiger partial charge in [0.15, 0.2) is 17.3 Å². The Morgan fingerprint density at radius 3 is 2.93 bits per heavy atom. The molecule has 0 amide bonds. The predicted molar refractivity (Wildman–Crippen MR) is 111 cm³/mol. The van der Waals surface area contributed by atoms with E-state index in [-0.39, 0.29) is 23.3 Å². The summed E-state index contributed by atoms with van der Waals surface area (Å²) in [5.74, 6) is -0.402. The number of H-pyrrole nitrogens is 1. The summed E-state index contributed by atoms with van der Waals surface area (Å²) in [5, 5.41) is 31.6. The summed E-state index contributed by atoms with van der Waals surface area (Å²) >= 11 is 0. The van der Waals surface area contributed by atoms with E-state index < -0.39 is 11.4 Å². The second-order valence-electron chi connectivity index (χ2n) is 8.11. The smallest absolute Gasteiger partial charge is 0.167 e. The van der Waals surface area contributed by atoms with Crippen molar-refractivity contribution in [2.75, 3.05) is 24.5 Å². The molecule has 0 aliphatic carbocycles. The van der Waals surface area contributed by atoms with Crippen molar-refractivity contribution >= 4 is 16.9 Å². The van der Waals surface area contributed by atoms with Crippen LogP contribution in [-0.4, -0.2) is 56.5 Å². The van der Waals surface area contributed by atoms with Crippen LogP contribution in [0.25, 0.3) is 22.4 Å². The molecule has 1 saturated heterocycles. The number of rotatable bonds is 4. The molecule has 30 heavy (non-hydrogen) atoms. The quantitative estimate of drug-likeness (QED) is 0.605. The van der Waals surface area contributed by atoms with Crippen LogP contribution in [0.1, 0.15) is 26.3 Å². The zero-order valence-electron chi connectivity index (χ0n) is 17.1. The number of pyridine rings is 2. The highest BCUT2D eigenvalue weighted by Gasteiger charge is 2.38. The van der Waals surface area contributed by atoms with Crippen molar-refractivity contribution in [1.29, 1.82) is 5.26 Å². The molecule has 1 unspecified atom stereocenters. The van der Waals surface area contributed by atoms with Crippen LogP contribution in [0.15, 0.2) is 24.4 Å². The maximum absolute atomic E-state index is 15.0. The van der Waals surface area contributed by atoms with Crippen molar-refractivity contribution in [2.45, 2.75) is 32.4 Å². The van der Waals surface area contributed by atoms with E-state index in [2.05, 4.69) is 25.5 Å². The van der Waals surface area contributed by atoms with Crippen molar-refractivity contribution in [1.82, 2.24) is 25.5 Å².